The number of carbonyl (C=O) groups is 6. The summed E-state index contributed by atoms with van der Waals surface area (Å²) in [6.07, 6.45) is 2.89. The second-order valence-corrected chi connectivity index (χ2v) is 7.53. The highest BCUT2D eigenvalue weighted by molar-refractivity contribution is 6.26. The minimum Gasteiger partial charge on any atom is -0.481 e. The number of hydrogen-bond donors (Lipinski definition) is 3. The number of benzene rings is 1. The normalized spacial score (nSPS) is 18.1. The van der Waals surface area contributed by atoms with Crippen molar-refractivity contribution in [2.75, 3.05) is 5.32 Å². The Morgan fingerprint density at radius 2 is 1.74 bits per heavy atom. The fraction of sp³-hybridized carbons (Fsp3) is 0.429. The number of imide groups is 2. The van der Waals surface area contributed by atoms with E-state index in [2.05, 4.69) is 10.6 Å². The molecule has 1 unspecified atom stereocenters. The third kappa shape index (κ3) is 4.96. The lowest BCUT2D eigenvalue weighted by atomic mass is 10.0. The van der Waals surface area contributed by atoms with Gasteiger partial charge in [-0.3, -0.25) is 39.0 Å². The Balaban J connectivity index is 1.64. The molecule has 0 aromatic heterocycles. The summed E-state index contributed by atoms with van der Waals surface area (Å²) in [5, 5.41) is 13.4. The first-order valence-corrected chi connectivity index (χ1v) is 10.2. The monoisotopic (exact) mass is 429 g/mol. The van der Waals surface area contributed by atoms with Crippen LogP contribution < -0.4 is 10.6 Å². The first kappa shape index (κ1) is 22.1. The number of carbonyl (C=O) groups excluding carboxylic acids is 5. The third-order valence-electron chi connectivity index (χ3n) is 5.29. The number of carboxylic acids is 1. The second-order valence-electron chi connectivity index (χ2n) is 7.53. The van der Waals surface area contributed by atoms with Crippen molar-refractivity contribution >= 4 is 41.2 Å². The van der Waals surface area contributed by atoms with Crippen LogP contribution in [0.1, 0.15) is 72.1 Å². The van der Waals surface area contributed by atoms with Gasteiger partial charge in [0.1, 0.15) is 6.04 Å². The van der Waals surface area contributed by atoms with E-state index in [4.69, 9.17) is 5.11 Å². The fourth-order valence-electron chi connectivity index (χ4n) is 3.75. The van der Waals surface area contributed by atoms with Crippen molar-refractivity contribution in [2.45, 2.75) is 57.4 Å². The highest BCUT2D eigenvalue weighted by atomic mass is 16.4. The molecule has 1 fully saturated rings. The zero-order chi connectivity index (χ0) is 22.5. The highest BCUT2D eigenvalue weighted by Gasteiger charge is 2.45. The van der Waals surface area contributed by atoms with Gasteiger partial charge in [-0.1, -0.05) is 18.9 Å². The van der Waals surface area contributed by atoms with Gasteiger partial charge in [-0.15, -0.1) is 0 Å². The van der Waals surface area contributed by atoms with Crippen molar-refractivity contribution in [1.82, 2.24) is 10.2 Å². The first-order valence-electron chi connectivity index (χ1n) is 10.2. The van der Waals surface area contributed by atoms with E-state index in [1.54, 1.807) is 6.07 Å². The molecular weight excluding hydrogens is 406 g/mol. The zero-order valence-corrected chi connectivity index (χ0v) is 16.8. The van der Waals surface area contributed by atoms with Gasteiger partial charge in [0.25, 0.3) is 11.8 Å². The molecule has 164 valence electrons. The van der Waals surface area contributed by atoms with Gasteiger partial charge in [0.2, 0.25) is 17.7 Å². The van der Waals surface area contributed by atoms with E-state index >= 15 is 0 Å². The van der Waals surface area contributed by atoms with E-state index in [0.29, 0.717) is 25.7 Å². The van der Waals surface area contributed by atoms with Crippen molar-refractivity contribution in [1.29, 1.82) is 0 Å². The Bertz CT molecular complexity index is 956. The van der Waals surface area contributed by atoms with Crippen LogP contribution in [-0.4, -0.2) is 51.6 Å². The summed E-state index contributed by atoms with van der Waals surface area (Å²) >= 11 is 0. The average molecular weight is 429 g/mol. The van der Waals surface area contributed by atoms with E-state index in [1.165, 1.54) is 12.1 Å². The first-order chi connectivity index (χ1) is 14.8. The summed E-state index contributed by atoms with van der Waals surface area (Å²) in [5.41, 5.74) is 0.328. The topological polar surface area (TPSA) is 150 Å². The van der Waals surface area contributed by atoms with Crippen LogP contribution in [0.2, 0.25) is 0 Å². The van der Waals surface area contributed by atoms with Crippen LogP contribution in [0.4, 0.5) is 5.69 Å². The van der Waals surface area contributed by atoms with Gasteiger partial charge in [-0.25, -0.2) is 0 Å². The van der Waals surface area contributed by atoms with Crippen molar-refractivity contribution < 1.29 is 33.9 Å². The predicted octanol–water partition coefficient (Wildman–Crippen LogP) is 1.45. The minimum absolute atomic E-state index is 0.0276. The average Bonchev–Trinajstić information content (AvgIpc) is 2.96. The fourth-order valence-corrected chi connectivity index (χ4v) is 3.75. The lowest BCUT2D eigenvalue weighted by Crippen LogP contribution is -2.54. The molecule has 0 bridgehead atoms. The van der Waals surface area contributed by atoms with E-state index < -0.39 is 35.6 Å². The van der Waals surface area contributed by atoms with Crippen LogP contribution in [-0.2, 0) is 19.2 Å². The Morgan fingerprint density at radius 1 is 1.03 bits per heavy atom. The number of carboxylic acid groups (broad SMARTS) is 1. The molecule has 1 atom stereocenters. The highest BCUT2D eigenvalue weighted by Crippen LogP contribution is 2.32. The molecule has 3 N–H and O–H groups in total. The molecule has 0 aliphatic carbocycles. The Hall–Kier alpha value is -3.56. The standard InChI is InChI=1S/C21H23N3O7/c25-15(8-3-1-2-4-9-17(27)28)22-13-7-5-6-12-18(13)21(31)24(20(12)30)14-10-11-16(26)23-19(14)29/h5-7,14H,1-4,8-11H2,(H,22,25)(H,27,28)(H,23,26,29). The molecule has 1 aromatic carbocycles. The number of nitrogens with one attached hydrogen (secondary N) is 2. The molecule has 2 aliphatic heterocycles. The van der Waals surface area contributed by atoms with E-state index in [0.717, 1.165) is 4.90 Å². The van der Waals surface area contributed by atoms with E-state index in [-0.39, 0.29) is 48.4 Å². The Kier molecular flexibility index (Phi) is 6.78. The van der Waals surface area contributed by atoms with Crippen LogP contribution >= 0.6 is 0 Å². The summed E-state index contributed by atoms with van der Waals surface area (Å²) in [4.78, 5) is 72.9. The summed E-state index contributed by atoms with van der Waals surface area (Å²) in [7, 11) is 0. The SMILES string of the molecule is O=C(O)CCCCCCC(=O)Nc1cccc2c1C(=O)N(C1CCC(=O)NC1=O)C2=O. The molecular formula is C21H23N3O7. The lowest BCUT2D eigenvalue weighted by molar-refractivity contribution is -0.138. The number of amides is 5. The van der Waals surface area contributed by atoms with Gasteiger partial charge >= 0.3 is 5.97 Å². The number of hydrogen-bond acceptors (Lipinski definition) is 6. The zero-order valence-electron chi connectivity index (χ0n) is 16.8. The number of rotatable bonds is 9. The smallest absolute Gasteiger partial charge is 0.303 e. The number of fused-ring (bicyclic) bond motifs is 1. The van der Waals surface area contributed by atoms with Crippen molar-refractivity contribution in [2.24, 2.45) is 0 Å². The van der Waals surface area contributed by atoms with Gasteiger partial charge in [0.05, 0.1) is 16.8 Å². The molecule has 0 radical (unpaired) electrons. The largest absolute Gasteiger partial charge is 0.481 e. The van der Waals surface area contributed by atoms with Crippen LogP contribution in [0, 0.1) is 0 Å². The van der Waals surface area contributed by atoms with Crippen molar-refractivity contribution in [3.63, 3.8) is 0 Å². The van der Waals surface area contributed by atoms with Gasteiger partial charge < -0.3 is 10.4 Å². The van der Waals surface area contributed by atoms with Crippen LogP contribution in [0.15, 0.2) is 18.2 Å². The quantitative estimate of drug-likeness (QED) is 0.397. The van der Waals surface area contributed by atoms with Gasteiger partial charge in [-0.2, -0.15) is 0 Å². The number of aliphatic carboxylic acids is 1. The molecule has 0 saturated carbocycles. The summed E-state index contributed by atoms with van der Waals surface area (Å²) in [5.74, 6) is -3.64. The third-order valence-corrected chi connectivity index (χ3v) is 5.29. The molecule has 31 heavy (non-hydrogen) atoms. The number of unbranched alkanes of at least 4 members (excludes halogenated alkanes) is 3. The summed E-state index contributed by atoms with van der Waals surface area (Å²) in [6, 6.07) is 3.45. The molecule has 10 nitrogen and oxygen atoms in total. The van der Waals surface area contributed by atoms with Crippen molar-refractivity contribution in [3.05, 3.63) is 29.3 Å². The molecule has 2 heterocycles. The molecule has 1 saturated heterocycles. The summed E-state index contributed by atoms with van der Waals surface area (Å²) < 4.78 is 0. The molecule has 0 spiro atoms. The maximum atomic E-state index is 13.0. The van der Waals surface area contributed by atoms with Gasteiger partial charge in [0.15, 0.2) is 0 Å². The molecule has 1 aromatic rings. The van der Waals surface area contributed by atoms with Crippen LogP contribution in [0.5, 0.6) is 0 Å². The lowest BCUT2D eigenvalue weighted by Gasteiger charge is -2.27. The minimum atomic E-state index is -1.07. The molecule has 10 heteroatoms. The summed E-state index contributed by atoms with van der Waals surface area (Å²) in [6.45, 7) is 0. The van der Waals surface area contributed by atoms with E-state index in [9.17, 15) is 28.8 Å². The van der Waals surface area contributed by atoms with Crippen molar-refractivity contribution in [3.8, 4) is 0 Å². The number of anilines is 1. The molecule has 3 rings (SSSR count). The predicted molar refractivity (Wildman–Crippen MR) is 107 cm³/mol. The number of piperidine rings is 1. The maximum absolute atomic E-state index is 13.0. The Labute approximate surface area is 178 Å². The van der Waals surface area contributed by atoms with E-state index in [1.807, 2.05) is 0 Å². The van der Waals surface area contributed by atoms with Crippen LogP contribution in [0.25, 0.3) is 0 Å². The molecule has 2 aliphatic rings. The van der Waals surface area contributed by atoms with Gasteiger partial charge in [-0.05, 0) is 31.4 Å². The second kappa shape index (κ2) is 9.50. The molecule has 5 amide bonds. The maximum Gasteiger partial charge on any atom is 0.303 e. The number of nitrogens with zero attached hydrogens (tertiary/aromatic N) is 1. The van der Waals surface area contributed by atoms with Gasteiger partial charge in [0, 0.05) is 19.3 Å². The van der Waals surface area contributed by atoms with Crippen LogP contribution in [0.3, 0.4) is 0 Å². The Morgan fingerprint density at radius 3 is 2.42 bits per heavy atom.